The molecule has 0 unspecified atom stereocenters. The fraction of sp³-hybridized carbons (Fsp3) is 0.690. The second-order valence-electron chi connectivity index (χ2n) is 13.1. The van der Waals surface area contributed by atoms with Crippen LogP contribution in [0.3, 0.4) is 0 Å². The molecule has 0 saturated heterocycles. The number of rotatable bonds is 35. The number of hydrogen-bond donors (Lipinski definition) is 0. The number of amides is 1. The van der Waals surface area contributed by atoms with Gasteiger partial charge in [0.2, 0.25) is 0 Å². The summed E-state index contributed by atoms with van der Waals surface area (Å²) >= 11 is 0. The number of carbonyl (C=O) groups excluding carboxylic acids is 1. The Kier molecular flexibility index (Phi) is 25.9. The van der Waals surface area contributed by atoms with Gasteiger partial charge in [0, 0.05) is 26.1 Å². The van der Waals surface area contributed by atoms with Crippen LogP contribution in [0.15, 0.2) is 48.5 Å². The highest BCUT2D eigenvalue weighted by Gasteiger charge is 2.29. The van der Waals surface area contributed by atoms with Gasteiger partial charge in [0.15, 0.2) is 0 Å². The molecule has 2 aromatic carbocycles. The SMILES string of the molecule is CCCCCCCCCCOCCOCCOCCOCCOCCOCCOCCOCCN(C)C(=O)OCC1c2ccccc2-c2ccccc21. The number of likely N-dealkylation sites (N-methyl/N-ethyl adjacent to an activating group) is 1. The first-order valence-corrected chi connectivity index (χ1v) is 19.9. The molecule has 0 fully saturated rings. The maximum Gasteiger partial charge on any atom is 0.409 e. The molecular formula is C42H67NO10. The third-order valence-corrected chi connectivity index (χ3v) is 8.97. The zero-order chi connectivity index (χ0) is 37.4. The summed E-state index contributed by atoms with van der Waals surface area (Å²) in [5.74, 6) is 0.0440. The average molecular weight is 746 g/mol. The van der Waals surface area contributed by atoms with Crippen molar-refractivity contribution in [2.24, 2.45) is 0 Å². The van der Waals surface area contributed by atoms with E-state index >= 15 is 0 Å². The van der Waals surface area contributed by atoms with Crippen molar-refractivity contribution in [1.82, 2.24) is 4.90 Å². The van der Waals surface area contributed by atoms with Gasteiger partial charge in [-0.2, -0.15) is 0 Å². The van der Waals surface area contributed by atoms with Crippen molar-refractivity contribution < 1.29 is 47.4 Å². The Morgan fingerprint density at radius 1 is 0.491 bits per heavy atom. The molecule has 2 aromatic rings. The lowest BCUT2D eigenvalue weighted by Gasteiger charge is -2.19. The highest BCUT2D eigenvalue weighted by atomic mass is 16.6. The molecule has 0 atom stereocenters. The average Bonchev–Trinajstić information content (AvgIpc) is 3.50. The molecule has 1 aliphatic rings. The Labute approximate surface area is 318 Å². The standard InChI is InChI=1S/C42H67NO10/c1-3-4-5-6-7-8-9-14-20-45-22-24-47-26-28-49-30-32-51-34-35-52-33-31-50-29-27-48-25-23-46-21-19-43(2)42(44)53-36-41-39-17-12-10-15-37(39)38-16-11-13-18-40(38)41/h10-13,15-18,41H,3-9,14,19-36H2,1-2H3. The molecule has 0 spiro atoms. The van der Waals surface area contributed by atoms with Gasteiger partial charge in [-0.3, -0.25) is 0 Å². The van der Waals surface area contributed by atoms with Gasteiger partial charge in [-0.15, -0.1) is 0 Å². The molecule has 0 radical (unpaired) electrons. The lowest BCUT2D eigenvalue weighted by Crippen LogP contribution is -2.32. The molecule has 1 amide bonds. The molecule has 1 aliphatic carbocycles. The molecule has 11 nitrogen and oxygen atoms in total. The smallest absolute Gasteiger partial charge is 0.409 e. The molecule has 0 bridgehead atoms. The number of carbonyl (C=O) groups is 1. The van der Waals surface area contributed by atoms with Crippen molar-refractivity contribution in [2.45, 2.75) is 64.2 Å². The summed E-state index contributed by atoms with van der Waals surface area (Å²) in [6.45, 7) is 11.5. The topological polar surface area (TPSA) is 103 Å². The van der Waals surface area contributed by atoms with Crippen LogP contribution >= 0.6 is 0 Å². The Morgan fingerprint density at radius 3 is 1.28 bits per heavy atom. The van der Waals surface area contributed by atoms with Crippen LogP contribution in [0.1, 0.15) is 75.3 Å². The minimum Gasteiger partial charge on any atom is -0.448 e. The van der Waals surface area contributed by atoms with Crippen LogP contribution in [-0.4, -0.2) is 137 Å². The van der Waals surface area contributed by atoms with E-state index in [1.165, 1.54) is 67.2 Å². The number of benzene rings is 2. The van der Waals surface area contributed by atoms with Crippen molar-refractivity contribution in [1.29, 1.82) is 0 Å². The third-order valence-electron chi connectivity index (χ3n) is 8.97. The van der Waals surface area contributed by atoms with Crippen molar-refractivity contribution in [3.05, 3.63) is 59.7 Å². The third kappa shape index (κ3) is 20.0. The molecular weight excluding hydrogens is 678 g/mol. The van der Waals surface area contributed by atoms with Gasteiger partial charge in [-0.1, -0.05) is 100 Å². The van der Waals surface area contributed by atoms with E-state index in [2.05, 4.69) is 31.2 Å². The zero-order valence-electron chi connectivity index (χ0n) is 32.6. The monoisotopic (exact) mass is 745 g/mol. The second-order valence-corrected chi connectivity index (χ2v) is 13.1. The van der Waals surface area contributed by atoms with E-state index in [-0.39, 0.29) is 12.0 Å². The first-order valence-electron chi connectivity index (χ1n) is 19.9. The highest BCUT2D eigenvalue weighted by molar-refractivity contribution is 5.79. The first kappa shape index (κ1) is 44.8. The Balaban J connectivity index is 0.980. The summed E-state index contributed by atoms with van der Waals surface area (Å²) < 4.78 is 50.2. The van der Waals surface area contributed by atoms with Crippen molar-refractivity contribution in [3.63, 3.8) is 0 Å². The van der Waals surface area contributed by atoms with Crippen LogP contribution in [0.4, 0.5) is 4.79 Å². The summed E-state index contributed by atoms with van der Waals surface area (Å²) in [5, 5.41) is 0. The number of hydrogen-bond acceptors (Lipinski definition) is 10. The van der Waals surface area contributed by atoms with Crippen LogP contribution in [0, 0.1) is 0 Å². The van der Waals surface area contributed by atoms with Gasteiger partial charge >= 0.3 is 6.09 Å². The predicted octanol–water partition coefficient (Wildman–Crippen LogP) is 7.14. The molecule has 0 aromatic heterocycles. The van der Waals surface area contributed by atoms with Crippen molar-refractivity contribution in [3.8, 4) is 11.1 Å². The second kappa shape index (κ2) is 30.7. The molecule has 300 valence electrons. The zero-order valence-corrected chi connectivity index (χ0v) is 32.6. The highest BCUT2D eigenvalue weighted by Crippen LogP contribution is 2.44. The molecule has 11 heteroatoms. The fourth-order valence-electron chi connectivity index (χ4n) is 5.98. The minimum absolute atomic E-state index is 0.0440. The molecule has 53 heavy (non-hydrogen) atoms. The Morgan fingerprint density at radius 2 is 0.849 bits per heavy atom. The van der Waals surface area contributed by atoms with Gasteiger partial charge < -0.3 is 47.5 Å². The first-order chi connectivity index (χ1) is 26.2. The largest absolute Gasteiger partial charge is 0.448 e. The van der Waals surface area contributed by atoms with E-state index in [0.29, 0.717) is 112 Å². The van der Waals surface area contributed by atoms with Gasteiger partial charge in [0.25, 0.3) is 0 Å². The van der Waals surface area contributed by atoms with Gasteiger partial charge in [0.1, 0.15) is 6.61 Å². The number of fused-ring (bicyclic) bond motifs is 3. The molecule has 0 heterocycles. The Hall–Kier alpha value is -2.61. The van der Waals surface area contributed by atoms with Crippen LogP contribution in [-0.2, 0) is 42.6 Å². The summed E-state index contributed by atoms with van der Waals surface area (Å²) in [6, 6.07) is 16.6. The summed E-state index contributed by atoms with van der Waals surface area (Å²) in [7, 11) is 1.72. The minimum atomic E-state index is -0.358. The summed E-state index contributed by atoms with van der Waals surface area (Å²) in [6.07, 6.45) is 10.1. The summed E-state index contributed by atoms with van der Waals surface area (Å²) in [4.78, 5) is 14.1. The maximum atomic E-state index is 12.6. The quantitative estimate of drug-likeness (QED) is 0.0677. The van der Waals surface area contributed by atoms with Crippen LogP contribution in [0.5, 0.6) is 0 Å². The van der Waals surface area contributed by atoms with E-state index in [1.54, 1.807) is 11.9 Å². The Bertz CT molecular complexity index is 1140. The number of nitrogens with zero attached hydrogens (tertiary/aromatic N) is 1. The van der Waals surface area contributed by atoms with Crippen LogP contribution < -0.4 is 0 Å². The molecule has 0 saturated carbocycles. The van der Waals surface area contributed by atoms with Crippen LogP contribution in [0.2, 0.25) is 0 Å². The molecule has 0 aliphatic heterocycles. The maximum absolute atomic E-state index is 12.6. The lowest BCUT2D eigenvalue weighted by atomic mass is 9.98. The lowest BCUT2D eigenvalue weighted by molar-refractivity contribution is -0.0234. The van der Waals surface area contributed by atoms with Crippen molar-refractivity contribution in [2.75, 3.05) is 126 Å². The normalized spacial score (nSPS) is 12.3. The van der Waals surface area contributed by atoms with E-state index < -0.39 is 0 Å². The molecule has 0 N–H and O–H groups in total. The van der Waals surface area contributed by atoms with E-state index in [4.69, 9.17) is 42.6 Å². The number of unbranched alkanes of at least 4 members (excludes halogenated alkanes) is 7. The summed E-state index contributed by atoms with van der Waals surface area (Å²) in [5.41, 5.74) is 4.82. The van der Waals surface area contributed by atoms with E-state index in [0.717, 1.165) is 13.0 Å². The van der Waals surface area contributed by atoms with E-state index in [9.17, 15) is 4.79 Å². The van der Waals surface area contributed by atoms with Crippen molar-refractivity contribution >= 4 is 6.09 Å². The van der Waals surface area contributed by atoms with Gasteiger partial charge in [-0.25, -0.2) is 4.79 Å². The number of ether oxygens (including phenoxy) is 9. The fourth-order valence-corrected chi connectivity index (χ4v) is 5.98. The predicted molar refractivity (Wildman–Crippen MR) is 207 cm³/mol. The molecule has 3 rings (SSSR count). The van der Waals surface area contributed by atoms with Crippen LogP contribution in [0.25, 0.3) is 11.1 Å². The van der Waals surface area contributed by atoms with Gasteiger partial charge in [0.05, 0.1) is 99.1 Å². The van der Waals surface area contributed by atoms with E-state index in [1.807, 2.05) is 24.3 Å². The van der Waals surface area contributed by atoms with Gasteiger partial charge in [-0.05, 0) is 28.7 Å².